The summed E-state index contributed by atoms with van der Waals surface area (Å²) >= 11 is 0. The molecule has 0 unspecified atom stereocenters. The van der Waals surface area contributed by atoms with Gasteiger partial charge in [-0.1, -0.05) is 0 Å². The second kappa shape index (κ2) is 6.25. The molecule has 20 heavy (non-hydrogen) atoms. The van der Waals surface area contributed by atoms with E-state index in [2.05, 4.69) is 20.6 Å². The molecule has 0 aliphatic carbocycles. The summed E-state index contributed by atoms with van der Waals surface area (Å²) in [5.74, 6) is -0.284. The first-order chi connectivity index (χ1) is 9.62. The number of aromatic nitrogens is 2. The number of ether oxygens (including phenoxy) is 1. The minimum Gasteiger partial charge on any atom is -0.377 e. The monoisotopic (exact) mass is 280 g/mol. The molecular weight excluding hydrogens is 266 g/mol. The SMILES string of the molecule is CNc1cc(Nc2ccc(F)c(F)c2)nc(COC)n1. The maximum Gasteiger partial charge on any atom is 0.160 e. The number of rotatable bonds is 5. The van der Waals surface area contributed by atoms with E-state index in [4.69, 9.17) is 4.74 Å². The van der Waals surface area contributed by atoms with Gasteiger partial charge in [0.2, 0.25) is 0 Å². The molecule has 7 heteroatoms. The molecule has 0 aliphatic heterocycles. The van der Waals surface area contributed by atoms with Crippen LogP contribution >= 0.6 is 0 Å². The van der Waals surface area contributed by atoms with E-state index in [1.165, 1.54) is 13.2 Å². The number of halogens is 2. The van der Waals surface area contributed by atoms with Gasteiger partial charge in [0.25, 0.3) is 0 Å². The number of nitrogens with one attached hydrogen (secondary N) is 2. The van der Waals surface area contributed by atoms with Gasteiger partial charge < -0.3 is 15.4 Å². The number of nitrogens with zero attached hydrogens (tertiary/aromatic N) is 2. The van der Waals surface area contributed by atoms with Crippen LogP contribution in [0.25, 0.3) is 0 Å². The van der Waals surface area contributed by atoms with Gasteiger partial charge in [0.15, 0.2) is 17.5 Å². The number of methoxy groups -OCH3 is 1. The van der Waals surface area contributed by atoms with Crippen molar-refractivity contribution < 1.29 is 13.5 Å². The lowest BCUT2D eigenvalue weighted by molar-refractivity contribution is 0.178. The Kier molecular flexibility index (Phi) is 4.41. The van der Waals surface area contributed by atoms with Crippen molar-refractivity contribution in [2.24, 2.45) is 0 Å². The van der Waals surface area contributed by atoms with E-state index in [0.717, 1.165) is 12.1 Å². The van der Waals surface area contributed by atoms with Crippen molar-refractivity contribution >= 4 is 17.3 Å². The van der Waals surface area contributed by atoms with Crippen molar-refractivity contribution in [1.82, 2.24) is 9.97 Å². The molecule has 2 aromatic rings. The van der Waals surface area contributed by atoms with Crippen molar-refractivity contribution in [3.05, 3.63) is 41.7 Å². The van der Waals surface area contributed by atoms with Gasteiger partial charge in [-0.15, -0.1) is 0 Å². The summed E-state index contributed by atoms with van der Waals surface area (Å²) in [6.45, 7) is 0.252. The van der Waals surface area contributed by atoms with Gasteiger partial charge in [0.1, 0.15) is 18.2 Å². The fourth-order valence-electron chi connectivity index (χ4n) is 1.60. The number of anilines is 3. The molecule has 0 bridgehead atoms. The van der Waals surface area contributed by atoms with Gasteiger partial charge >= 0.3 is 0 Å². The zero-order valence-electron chi connectivity index (χ0n) is 11.1. The highest BCUT2D eigenvalue weighted by molar-refractivity contribution is 5.59. The lowest BCUT2D eigenvalue weighted by Crippen LogP contribution is -2.05. The van der Waals surface area contributed by atoms with Crippen LogP contribution in [0.2, 0.25) is 0 Å². The third-order valence-electron chi connectivity index (χ3n) is 2.49. The van der Waals surface area contributed by atoms with Crippen LogP contribution in [0.5, 0.6) is 0 Å². The van der Waals surface area contributed by atoms with Crippen LogP contribution in [0, 0.1) is 11.6 Å². The van der Waals surface area contributed by atoms with Crippen molar-refractivity contribution in [2.75, 3.05) is 24.8 Å². The summed E-state index contributed by atoms with van der Waals surface area (Å²) in [6.07, 6.45) is 0. The molecule has 1 aromatic carbocycles. The Labute approximate surface area is 115 Å². The second-order valence-electron chi connectivity index (χ2n) is 3.99. The molecule has 0 saturated carbocycles. The largest absolute Gasteiger partial charge is 0.377 e. The Balaban J connectivity index is 2.27. The molecule has 106 valence electrons. The highest BCUT2D eigenvalue weighted by Crippen LogP contribution is 2.19. The fourth-order valence-corrected chi connectivity index (χ4v) is 1.60. The van der Waals surface area contributed by atoms with Gasteiger partial charge in [0, 0.05) is 32.0 Å². The minimum atomic E-state index is -0.921. The van der Waals surface area contributed by atoms with Gasteiger partial charge in [0.05, 0.1) is 0 Å². The third-order valence-corrected chi connectivity index (χ3v) is 2.49. The predicted octanol–water partition coefficient (Wildman–Crippen LogP) is 2.69. The first-order valence-corrected chi connectivity index (χ1v) is 5.89. The Hall–Kier alpha value is -2.28. The van der Waals surface area contributed by atoms with Crippen LogP contribution in [0.3, 0.4) is 0 Å². The van der Waals surface area contributed by atoms with Crippen molar-refractivity contribution in [1.29, 1.82) is 0 Å². The van der Waals surface area contributed by atoms with E-state index in [1.54, 1.807) is 13.1 Å². The summed E-state index contributed by atoms with van der Waals surface area (Å²) in [5, 5.41) is 5.78. The molecule has 2 rings (SSSR count). The van der Waals surface area contributed by atoms with E-state index < -0.39 is 11.6 Å². The maximum absolute atomic E-state index is 13.1. The molecule has 0 atom stereocenters. The zero-order chi connectivity index (χ0) is 14.5. The third kappa shape index (κ3) is 3.39. The van der Waals surface area contributed by atoms with Crippen LogP contribution in [-0.2, 0) is 11.3 Å². The van der Waals surface area contributed by atoms with E-state index in [1.807, 2.05) is 0 Å². The van der Waals surface area contributed by atoms with Gasteiger partial charge in [-0.2, -0.15) is 0 Å². The van der Waals surface area contributed by atoms with Gasteiger partial charge in [-0.05, 0) is 12.1 Å². The minimum absolute atomic E-state index is 0.252. The summed E-state index contributed by atoms with van der Waals surface area (Å²) < 4.78 is 31.0. The lowest BCUT2D eigenvalue weighted by Gasteiger charge is -2.09. The van der Waals surface area contributed by atoms with E-state index in [0.29, 0.717) is 23.1 Å². The average Bonchev–Trinajstić information content (AvgIpc) is 2.43. The van der Waals surface area contributed by atoms with E-state index >= 15 is 0 Å². The van der Waals surface area contributed by atoms with Crippen molar-refractivity contribution in [2.45, 2.75) is 6.61 Å². The molecule has 0 saturated heterocycles. The van der Waals surface area contributed by atoms with Crippen LogP contribution in [0.1, 0.15) is 5.82 Å². The average molecular weight is 280 g/mol. The van der Waals surface area contributed by atoms with Crippen LogP contribution in [-0.4, -0.2) is 24.1 Å². The second-order valence-corrected chi connectivity index (χ2v) is 3.99. The Bertz CT molecular complexity index is 607. The highest BCUT2D eigenvalue weighted by Gasteiger charge is 2.06. The summed E-state index contributed by atoms with van der Waals surface area (Å²) in [7, 11) is 3.26. The number of hydrogen-bond acceptors (Lipinski definition) is 5. The number of benzene rings is 1. The Morgan fingerprint density at radius 2 is 1.85 bits per heavy atom. The maximum atomic E-state index is 13.1. The molecule has 1 heterocycles. The van der Waals surface area contributed by atoms with Gasteiger partial charge in [-0.25, -0.2) is 18.7 Å². The van der Waals surface area contributed by atoms with E-state index in [9.17, 15) is 8.78 Å². The molecule has 0 spiro atoms. The Morgan fingerprint density at radius 1 is 1.10 bits per heavy atom. The number of hydrogen-bond donors (Lipinski definition) is 2. The standard InChI is InChI=1S/C13H14F2N4O/c1-16-11-6-12(19-13(18-11)7-20-2)17-8-3-4-9(14)10(15)5-8/h3-6H,7H2,1-2H3,(H2,16,17,18,19). The van der Waals surface area contributed by atoms with Crippen molar-refractivity contribution in [3.8, 4) is 0 Å². The first kappa shape index (κ1) is 14.1. The summed E-state index contributed by atoms with van der Waals surface area (Å²) in [4.78, 5) is 8.41. The molecule has 1 aromatic heterocycles. The predicted molar refractivity (Wildman–Crippen MR) is 71.9 cm³/mol. The topological polar surface area (TPSA) is 59.1 Å². The summed E-state index contributed by atoms with van der Waals surface area (Å²) in [6, 6.07) is 5.19. The van der Waals surface area contributed by atoms with Crippen LogP contribution < -0.4 is 10.6 Å². The molecule has 0 radical (unpaired) electrons. The lowest BCUT2D eigenvalue weighted by atomic mass is 10.3. The van der Waals surface area contributed by atoms with Crippen LogP contribution in [0.15, 0.2) is 24.3 Å². The molecule has 5 nitrogen and oxygen atoms in total. The van der Waals surface area contributed by atoms with Crippen molar-refractivity contribution in [3.63, 3.8) is 0 Å². The zero-order valence-corrected chi connectivity index (χ0v) is 11.1. The molecular formula is C13H14F2N4O. The normalized spacial score (nSPS) is 10.4. The molecule has 0 fully saturated rings. The smallest absolute Gasteiger partial charge is 0.160 e. The molecule has 2 N–H and O–H groups in total. The Morgan fingerprint density at radius 3 is 2.50 bits per heavy atom. The highest BCUT2D eigenvalue weighted by atomic mass is 19.2. The van der Waals surface area contributed by atoms with E-state index in [-0.39, 0.29) is 6.61 Å². The summed E-state index contributed by atoms with van der Waals surface area (Å²) in [5.41, 5.74) is 0.396. The van der Waals surface area contributed by atoms with Gasteiger partial charge in [-0.3, -0.25) is 0 Å². The molecule has 0 aliphatic rings. The molecule has 0 amide bonds. The van der Waals surface area contributed by atoms with Crippen LogP contribution in [0.4, 0.5) is 26.1 Å². The first-order valence-electron chi connectivity index (χ1n) is 5.89. The quantitative estimate of drug-likeness (QED) is 0.881. The fraction of sp³-hybridized carbons (Fsp3) is 0.231.